The van der Waals surface area contributed by atoms with Crippen molar-refractivity contribution in [3.63, 3.8) is 0 Å². The molecule has 0 bridgehead atoms. The van der Waals surface area contributed by atoms with Gasteiger partial charge in [0.2, 0.25) is 5.88 Å². The zero-order valence-electron chi connectivity index (χ0n) is 14.4. The van der Waals surface area contributed by atoms with E-state index in [0.29, 0.717) is 23.4 Å². The van der Waals surface area contributed by atoms with Crippen LogP contribution in [0.15, 0.2) is 12.3 Å². The van der Waals surface area contributed by atoms with Crippen molar-refractivity contribution in [1.29, 1.82) is 0 Å². The van der Waals surface area contributed by atoms with E-state index >= 15 is 0 Å². The number of nitrogens with zero attached hydrogens (tertiary/aromatic N) is 4. The number of methoxy groups -OCH3 is 2. The maximum absolute atomic E-state index is 12.2. The van der Waals surface area contributed by atoms with E-state index in [4.69, 9.17) is 9.47 Å². The highest BCUT2D eigenvalue weighted by atomic mass is 19.4. The maximum atomic E-state index is 12.2. The number of hydrogen-bond acceptors (Lipinski definition) is 7. The van der Waals surface area contributed by atoms with Crippen molar-refractivity contribution in [3.8, 4) is 23.1 Å². The first-order valence-electron chi connectivity index (χ1n) is 7.82. The Labute approximate surface area is 147 Å². The van der Waals surface area contributed by atoms with Crippen LogP contribution in [0.25, 0.3) is 11.3 Å². The van der Waals surface area contributed by atoms with Gasteiger partial charge in [0.05, 0.1) is 32.1 Å². The number of halogens is 3. The number of rotatable bonds is 6. The normalized spacial score (nSPS) is 19.3. The Hall–Kier alpha value is -2.49. The molecule has 0 radical (unpaired) electrons. The van der Waals surface area contributed by atoms with Crippen LogP contribution in [0.5, 0.6) is 11.9 Å². The molecule has 1 aliphatic carbocycles. The lowest BCUT2D eigenvalue weighted by Gasteiger charge is -2.10. The molecule has 3 rings (SSSR count). The molecule has 0 amide bonds. The molecule has 7 nitrogen and oxygen atoms in total. The third-order valence-electron chi connectivity index (χ3n) is 4.18. The number of ether oxygens (including phenoxy) is 3. The lowest BCUT2D eigenvalue weighted by molar-refractivity contribution is -0.326. The predicted molar refractivity (Wildman–Crippen MR) is 83.8 cm³/mol. The summed E-state index contributed by atoms with van der Waals surface area (Å²) in [6, 6.07) is 1.94. The highest BCUT2D eigenvalue weighted by Crippen LogP contribution is 2.49. The van der Waals surface area contributed by atoms with Crippen LogP contribution in [0.3, 0.4) is 0 Å². The minimum absolute atomic E-state index is 0.0447. The second-order valence-electron chi connectivity index (χ2n) is 5.91. The first-order valence-corrected chi connectivity index (χ1v) is 7.82. The Morgan fingerprint density at radius 1 is 1.19 bits per heavy atom. The van der Waals surface area contributed by atoms with Gasteiger partial charge in [0, 0.05) is 6.20 Å². The molecule has 140 valence electrons. The summed E-state index contributed by atoms with van der Waals surface area (Å²) in [4.78, 5) is 8.14. The van der Waals surface area contributed by atoms with Crippen LogP contribution >= 0.6 is 0 Å². The number of aromatic nitrogens is 4. The summed E-state index contributed by atoms with van der Waals surface area (Å²) in [7, 11) is 2.90. The minimum Gasteiger partial charge on any atom is -0.480 e. The largest absolute Gasteiger partial charge is 0.522 e. The van der Waals surface area contributed by atoms with Crippen molar-refractivity contribution in [3.05, 3.63) is 23.5 Å². The molecule has 1 aliphatic rings. The van der Waals surface area contributed by atoms with Gasteiger partial charge >= 0.3 is 12.4 Å². The summed E-state index contributed by atoms with van der Waals surface area (Å²) in [5.41, 5.74) is 2.50. The fourth-order valence-corrected chi connectivity index (χ4v) is 2.77. The molecular weight excluding hydrogens is 353 g/mol. The van der Waals surface area contributed by atoms with Crippen LogP contribution in [0.2, 0.25) is 0 Å². The SMILES string of the molecule is COc1ncc(-c2cc([C@H]3C[C@@H]3COC(F)(F)F)c(C)nn2)c(OC)n1. The smallest absolute Gasteiger partial charge is 0.480 e. The van der Waals surface area contributed by atoms with E-state index in [1.807, 2.05) is 0 Å². The van der Waals surface area contributed by atoms with E-state index in [0.717, 1.165) is 5.56 Å². The average molecular weight is 370 g/mol. The molecule has 0 unspecified atom stereocenters. The third-order valence-corrected chi connectivity index (χ3v) is 4.18. The second-order valence-corrected chi connectivity index (χ2v) is 5.91. The predicted octanol–water partition coefficient (Wildman–Crippen LogP) is 2.90. The summed E-state index contributed by atoms with van der Waals surface area (Å²) in [6.45, 7) is 1.41. The van der Waals surface area contributed by atoms with Gasteiger partial charge in [-0.05, 0) is 36.8 Å². The average Bonchev–Trinajstić information content (AvgIpc) is 3.39. The fourth-order valence-electron chi connectivity index (χ4n) is 2.77. The summed E-state index contributed by atoms with van der Waals surface area (Å²) in [5.74, 6) is 0.0341. The van der Waals surface area contributed by atoms with Gasteiger partial charge in [0.15, 0.2) is 0 Å². The van der Waals surface area contributed by atoms with E-state index in [1.54, 1.807) is 13.0 Å². The quantitative estimate of drug-likeness (QED) is 0.773. The molecule has 10 heteroatoms. The Kier molecular flexibility index (Phi) is 4.94. The van der Waals surface area contributed by atoms with Crippen LogP contribution in [-0.2, 0) is 4.74 Å². The molecule has 0 saturated heterocycles. The molecular formula is C16H17F3N4O3. The van der Waals surface area contributed by atoms with Gasteiger partial charge in [-0.3, -0.25) is 4.74 Å². The van der Waals surface area contributed by atoms with Gasteiger partial charge in [-0.25, -0.2) is 4.98 Å². The van der Waals surface area contributed by atoms with E-state index in [2.05, 4.69) is 24.9 Å². The van der Waals surface area contributed by atoms with E-state index in [1.165, 1.54) is 20.4 Å². The Bertz CT molecular complexity index is 801. The molecule has 0 N–H and O–H groups in total. The standard InChI is InChI=1S/C16H17F3N4O3/c1-8-10(11-4-9(11)7-26-16(17,18)19)5-13(23-22-8)12-6-20-15(25-3)21-14(12)24-2/h5-6,9,11H,4,7H2,1-3H3/t9-,11+/m1/s1. The molecule has 2 aromatic heterocycles. The van der Waals surface area contributed by atoms with Crippen molar-refractivity contribution >= 4 is 0 Å². The Morgan fingerprint density at radius 3 is 2.62 bits per heavy atom. The molecule has 1 fully saturated rings. The van der Waals surface area contributed by atoms with Crippen LogP contribution < -0.4 is 9.47 Å². The topological polar surface area (TPSA) is 79.2 Å². The molecule has 2 atom stereocenters. The number of hydrogen-bond donors (Lipinski definition) is 0. The molecule has 26 heavy (non-hydrogen) atoms. The van der Waals surface area contributed by atoms with E-state index < -0.39 is 6.36 Å². The lowest BCUT2D eigenvalue weighted by Crippen LogP contribution is -2.15. The van der Waals surface area contributed by atoms with Gasteiger partial charge in [0.25, 0.3) is 0 Å². The van der Waals surface area contributed by atoms with E-state index in [-0.39, 0.29) is 30.3 Å². The highest BCUT2D eigenvalue weighted by molar-refractivity contribution is 5.64. The fraction of sp³-hybridized carbons (Fsp3) is 0.500. The van der Waals surface area contributed by atoms with Crippen molar-refractivity contribution in [2.75, 3.05) is 20.8 Å². The van der Waals surface area contributed by atoms with E-state index in [9.17, 15) is 13.2 Å². The highest BCUT2D eigenvalue weighted by Gasteiger charge is 2.43. The van der Waals surface area contributed by atoms with Gasteiger partial charge in [-0.2, -0.15) is 10.1 Å². The minimum atomic E-state index is -4.61. The van der Waals surface area contributed by atoms with Crippen molar-refractivity contribution in [2.45, 2.75) is 25.6 Å². The lowest BCUT2D eigenvalue weighted by atomic mass is 10.1. The Morgan fingerprint density at radius 2 is 1.96 bits per heavy atom. The first kappa shape index (κ1) is 18.3. The maximum Gasteiger partial charge on any atom is 0.522 e. The molecule has 1 saturated carbocycles. The summed E-state index contributed by atoms with van der Waals surface area (Å²) < 4.78 is 50.7. The second kappa shape index (κ2) is 7.02. The third kappa shape index (κ3) is 4.01. The van der Waals surface area contributed by atoms with Crippen molar-refractivity contribution in [1.82, 2.24) is 20.2 Å². The monoisotopic (exact) mass is 370 g/mol. The molecule has 2 heterocycles. The zero-order chi connectivity index (χ0) is 18.9. The molecule has 0 aliphatic heterocycles. The van der Waals surface area contributed by atoms with Crippen LogP contribution in [0.4, 0.5) is 13.2 Å². The summed E-state index contributed by atoms with van der Waals surface area (Å²) in [6.07, 6.45) is -2.50. The summed E-state index contributed by atoms with van der Waals surface area (Å²) >= 11 is 0. The molecule has 0 spiro atoms. The first-order chi connectivity index (χ1) is 12.3. The van der Waals surface area contributed by atoms with Gasteiger partial charge in [-0.1, -0.05) is 0 Å². The van der Waals surface area contributed by atoms with Crippen molar-refractivity contribution < 1.29 is 27.4 Å². The van der Waals surface area contributed by atoms with Crippen LogP contribution in [0, 0.1) is 12.8 Å². The van der Waals surface area contributed by atoms with Gasteiger partial charge < -0.3 is 9.47 Å². The Balaban J connectivity index is 1.83. The van der Waals surface area contributed by atoms with Gasteiger partial charge in [-0.15, -0.1) is 18.3 Å². The number of aryl methyl sites for hydroxylation is 1. The summed E-state index contributed by atoms with van der Waals surface area (Å²) in [5, 5.41) is 8.25. The van der Waals surface area contributed by atoms with Crippen LogP contribution in [0.1, 0.15) is 23.6 Å². The van der Waals surface area contributed by atoms with Crippen molar-refractivity contribution in [2.24, 2.45) is 5.92 Å². The molecule has 0 aromatic carbocycles. The molecule has 2 aromatic rings. The van der Waals surface area contributed by atoms with Gasteiger partial charge in [0.1, 0.15) is 5.69 Å². The number of alkyl halides is 3. The zero-order valence-corrected chi connectivity index (χ0v) is 14.4. The van der Waals surface area contributed by atoms with Crippen LogP contribution in [-0.4, -0.2) is 47.4 Å².